The Morgan fingerprint density at radius 3 is 2.57 bits per heavy atom. The van der Waals surface area contributed by atoms with E-state index in [1.165, 1.54) is 0 Å². The molecule has 0 aliphatic heterocycles. The molecule has 1 heterocycles. The quantitative estimate of drug-likeness (QED) is 0.729. The van der Waals surface area contributed by atoms with Crippen LogP contribution in [-0.2, 0) is 5.60 Å². The van der Waals surface area contributed by atoms with Crippen molar-refractivity contribution in [3.8, 4) is 5.75 Å². The second kappa shape index (κ2) is 2.75. The van der Waals surface area contributed by atoms with Crippen molar-refractivity contribution in [1.29, 1.82) is 0 Å². The molecule has 0 bridgehead atoms. The molecule has 2 aromatic rings. The Morgan fingerprint density at radius 2 is 2.00 bits per heavy atom. The average molecular weight is 192 g/mol. The number of fused-ring (bicyclic) bond motifs is 1. The van der Waals surface area contributed by atoms with E-state index in [0.717, 1.165) is 0 Å². The van der Waals surface area contributed by atoms with Gasteiger partial charge in [-0.1, -0.05) is 6.07 Å². The smallest absolute Gasteiger partial charge is 0.138 e. The van der Waals surface area contributed by atoms with Gasteiger partial charge in [0.05, 0.1) is 5.39 Å². The van der Waals surface area contributed by atoms with Crippen LogP contribution in [0.25, 0.3) is 11.0 Å². The Morgan fingerprint density at radius 1 is 1.29 bits per heavy atom. The summed E-state index contributed by atoms with van der Waals surface area (Å²) in [4.78, 5) is 0. The van der Waals surface area contributed by atoms with Gasteiger partial charge < -0.3 is 14.6 Å². The molecule has 3 nitrogen and oxygen atoms in total. The lowest BCUT2D eigenvalue weighted by Crippen LogP contribution is -2.13. The Hall–Kier alpha value is -1.48. The third-order valence-electron chi connectivity index (χ3n) is 2.14. The molecule has 0 aliphatic carbocycles. The van der Waals surface area contributed by atoms with Crippen molar-refractivity contribution in [3.63, 3.8) is 0 Å². The van der Waals surface area contributed by atoms with E-state index in [1.54, 1.807) is 38.1 Å². The lowest BCUT2D eigenvalue weighted by atomic mass is 10.1. The molecular weight excluding hydrogens is 180 g/mol. The lowest BCUT2D eigenvalue weighted by molar-refractivity contribution is 0.0559. The molecular formula is C11H12O3. The van der Waals surface area contributed by atoms with Gasteiger partial charge in [0.25, 0.3) is 0 Å². The van der Waals surface area contributed by atoms with Gasteiger partial charge in [0.15, 0.2) is 0 Å². The SMILES string of the molecule is CC(C)(O)c1cc2c(O)cccc2o1. The normalized spacial score (nSPS) is 12.2. The maximum absolute atomic E-state index is 9.71. The summed E-state index contributed by atoms with van der Waals surface area (Å²) in [5.74, 6) is 0.621. The summed E-state index contributed by atoms with van der Waals surface area (Å²) in [7, 11) is 0. The zero-order valence-corrected chi connectivity index (χ0v) is 8.11. The largest absolute Gasteiger partial charge is 0.507 e. The van der Waals surface area contributed by atoms with Crippen LogP contribution in [0.3, 0.4) is 0 Å². The van der Waals surface area contributed by atoms with Crippen LogP contribution in [0.4, 0.5) is 0 Å². The Kier molecular flexibility index (Phi) is 1.79. The van der Waals surface area contributed by atoms with E-state index in [9.17, 15) is 10.2 Å². The van der Waals surface area contributed by atoms with Gasteiger partial charge in [0.2, 0.25) is 0 Å². The molecule has 0 unspecified atom stereocenters. The zero-order valence-electron chi connectivity index (χ0n) is 8.11. The van der Waals surface area contributed by atoms with E-state index in [0.29, 0.717) is 16.7 Å². The van der Waals surface area contributed by atoms with Crippen LogP contribution in [0.5, 0.6) is 5.75 Å². The summed E-state index contributed by atoms with van der Waals surface area (Å²) < 4.78 is 5.40. The van der Waals surface area contributed by atoms with Crippen LogP contribution >= 0.6 is 0 Å². The maximum atomic E-state index is 9.71. The summed E-state index contributed by atoms with van der Waals surface area (Å²) in [6.45, 7) is 3.28. The molecule has 1 aromatic heterocycles. The molecule has 0 amide bonds. The van der Waals surface area contributed by atoms with Gasteiger partial charge in [-0.3, -0.25) is 0 Å². The number of hydrogen-bond acceptors (Lipinski definition) is 3. The van der Waals surface area contributed by atoms with Crippen molar-refractivity contribution in [2.24, 2.45) is 0 Å². The highest BCUT2D eigenvalue weighted by Crippen LogP contribution is 2.32. The summed E-state index contributed by atoms with van der Waals surface area (Å²) >= 11 is 0. The van der Waals surface area contributed by atoms with Crippen LogP contribution in [0.2, 0.25) is 0 Å². The van der Waals surface area contributed by atoms with E-state index in [4.69, 9.17) is 4.42 Å². The van der Waals surface area contributed by atoms with Crippen molar-refractivity contribution >= 4 is 11.0 Å². The summed E-state index contributed by atoms with van der Waals surface area (Å²) in [6, 6.07) is 6.70. The fourth-order valence-electron chi connectivity index (χ4n) is 1.35. The second-order valence-electron chi connectivity index (χ2n) is 3.86. The van der Waals surface area contributed by atoms with Crippen LogP contribution in [0.1, 0.15) is 19.6 Å². The molecule has 0 aliphatic rings. The van der Waals surface area contributed by atoms with E-state index >= 15 is 0 Å². The highest BCUT2D eigenvalue weighted by molar-refractivity contribution is 5.84. The molecule has 1 aromatic carbocycles. The van der Waals surface area contributed by atoms with E-state index in [-0.39, 0.29) is 5.75 Å². The van der Waals surface area contributed by atoms with Crippen molar-refractivity contribution in [2.45, 2.75) is 19.4 Å². The molecule has 0 saturated carbocycles. The first-order valence-electron chi connectivity index (χ1n) is 4.43. The summed E-state index contributed by atoms with van der Waals surface area (Å²) in [6.07, 6.45) is 0. The van der Waals surface area contributed by atoms with E-state index in [2.05, 4.69) is 0 Å². The van der Waals surface area contributed by atoms with E-state index < -0.39 is 5.60 Å². The third-order valence-corrected chi connectivity index (χ3v) is 2.14. The van der Waals surface area contributed by atoms with Crippen molar-refractivity contribution < 1.29 is 14.6 Å². The predicted molar refractivity (Wildman–Crippen MR) is 53.1 cm³/mol. The minimum Gasteiger partial charge on any atom is -0.507 e. The lowest BCUT2D eigenvalue weighted by Gasteiger charge is -2.12. The molecule has 0 fully saturated rings. The van der Waals surface area contributed by atoms with Gasteiger partial charge in [0.1, 0.15) is 22.7 Å². The van der Waals surface area contributed by atoms with Crippen LogP contribution in [0.15, 0.2) is 28.7 Å². The molecule has 2 N–H and O–H groups in total. The zero-order chi connectivity index (χ0) is 10.3. The molecule has 74 valence electrons. The standard InChI is InChI=1S/C11H12O3/c1-11(2,13)10-6-7-8(12)4-3-5-9(7)14-10/h3-6,12-13H,1-2H3. The van der Waals surface area contributed by atoms with Gasteiger partial charge in [-0.15, -0.1) is 0 Å². The minimum absolute atomic E-state index is 0.168. The number of furan rings is 1. The van der Waals surface area contributed by atoms with Gasteiger partial charge in [-0.05, 0) is 32.0 Å². The number of phenolic OH excluding ortho intramolecular Hbond substituents is 1. The molecule has 2 rings (SSSR count). The van der Waals surface area contributed by atoms with Gasteiger partial charge >= 0.3 is 0 Å². The van der Waals surface area contributed by atoms with Crippen molar-refractivity contribution in [2.75, 3.05) is 0 Å². The third kappa shape index (κ3) is 1.36. The van der Waals surface area contributed by atoms with Crippen LogP contribution in [0, 0.1) is 0 Å². The molecule has 14 heavy (non-hydrogen) atoms. The number of aromatic hydroxyl groups is 1. The summed E-state index contributed by atoms with van der Waals surface area (Å²) in [5.41, 5.74) is -0.437. The highest BCUT2D eigenvalue weighted by Gasteiger charge is 2.21. The first kappa shape index (κ1) is 9.09. The Bertz CT molecular complexity index is 463. The van der Waals surface area contributed by atoms with Crippen LogP contribution in [-0.4, -0.2) is 10.2 Å². The fourth-order valence-corrected chi connectivity index (χ4v) is 1.35. The number of benzene rings is 1. The van der Waals surface area contributed by atoms with Gasteiger partial charge in [-0.25, -0.2) is 0 Å². The van der Waals surface area contributed by atoms with Crippen molar-refractivity contribution in [1.82, 2.24) is 0 Å². The first-order chi connectivity index (χ1) is 6.48. The van der Waals surface area contributed by atoms with Gasteiger partial charge in [-0.2, -0.15) is 0 Å². The average Bonchev–Trinajstić information content (AvgIpc) is 2.48. The second-order valence-corrected chi connectivity index (χ2v) is 3.86. The Labute approximate surface area is 81.6 Å². The first-order valence-corrected chi connectivity index (χ1v) is 4.43. The predicted octanol–water partition coefficient (Wildman–Crippen LogP) is 2.37. The summed E-state index contributed by atoms with van der Waals surface area (Å²) in [5, 5.41) is 19.8. The fraction of sp³-hybridized carbons (Fsp3) is 0.273. The monoisotopic (exact) mass is 192 g/mol. The number of rotatable bonds is 1. The number of aliphatic hydroxyl groups is 1. The number of phenols is 1. The van der Waals surface area contributed by atoms with Gasteiger partial charge in [0, 0.05) is 0 Å². The molecule has 0 spiro atoms. The highest BCUT2D eigenvalue weighted by atomic mass is 16.4. The molecule has 3 heteroatoms. The molecule has 0 atom stereocenters. The van der Waals surface area contributed by atoms with E-state index in [1.807, 2.05) is 0 Å². The molecule has 0 radical (unpaired) electrons. The van der Waals surface area contributed by atoms with Crippen LogP contribution < -0.4 is 0 Å². The topological polar surface area (TPSA) is 53.6 Å². The molecule has 0 saturated heterocycles. The van der Waals surface area contributed by atoms with Crippen molar-refractivity contribution in [3.05, 3.63) is 30.0 Å². The Balaban J connectivity index is 2.69. The number of hydrogen-bond donors (Lipinski definition) is 2. The minimum atomic E-state index is -1.02. The maximum Gasteiger partial charge on any atom is 0.138 e.